The molecule has 1 atom stereocenters. The van der Waals surface area contributed by atoms with Crippen LogP contribution in [0.25, 0.3) is 0 Å². The SMILES string of the molecule is CCOC(=O)C[C@H](NC(=O)c1cccc(C(F)(F)F)c1)C(=O)O. The summed E-state index contributed by atoms with van der Waals surface area (Å²) in [6.07, 6.45) is -5.26. The van der Waals surface area contributed by atoms with E-state index >= 15 is 0 Å². The molecule has 0 bridgehead atoms. The van der Waals surface area contributed by atoms with Gasteiger partial charge in [-0.15, -0.1) is 0 Å². The van der Waals surface area contributed by atoms with Gasteiger partial charge in [0, 0.05) is 5.56 Å². The van der Waals surface area contributed by atoms with Crippen molar-refractivity contribution < 1.29 is 37.4 Å². The molecule has 6 nitrogen and oxygen atoms in total. The predicted molar refractivity (Wildman–Crippen MR) is 71.6 cm³/mol. The summed E-state index contributed by atoms with van der Waals surface area (Å²) in [5.41, 5.74) is -1.41. The Bertz CT molecular complexity index is 600. The maximum atomic E-state index is 12.6. The van der Waals surface area contributed by atoms with Crippen LogP contribution < -0.4 is 5.32 Å². The number of aliphatic carboxylic acids is 1. The molecular formula is C14H14F3NO5. The number of carbonyl (C=O) groups excluding carboxylic acids is 2. The second kappa shape index (κ2) is 7.61. The van der Waals surface area contributed by atoms with Crippen molar-refractivity contribution in [3.63, 3.8) is 0 Å². The van der Waals surface area contributed by atoms with Crippen molar-refractivity contribution in [3.8, 4) is 0 Å². The van der Waals surface area contributed by atoms with Gasteiger partial charge in [0.05, 0.1) is 18.6 Å². The van der Waals surface area contributed by atoms with Crippen molar-refractivity contribution in [2.75, 3.05) is 6.61 Å². The van der Waals surface area contributed by atoms with Crippen LogP contribution in [0.2, 0.25) is 0 Å². The molecule has 1 aromatic rings. The van der Waals surface area contributed by atoms with Crippen LogP contribution in [0.5, 0.6) is 0 Å². The minimum absolute atomic E-state index is 0.0345. The van der Waals surface area contributed by atoms with Crippen molar-refractivity contribution in [2.24, 2.45) is 0 Å². The number of benzene rings is 1. The molecule has 9 heteroatoms. The number of esters is 1. The van der Waals surface area contributed by atoms with Crippen LogP contribution in [0, 0.1) is 0 Å². The Hall–Kier alpha value is -2.58. The smallest absolute Gasteiger partial charge is 0.416 e. The maximum Gasteiger partial charge on any atom is 0.416 e. The molecule has 0 saturated heterocycles. The molecule has 0 aromatic heterocycles. The first-order chi connectivity index (χ1) is 10.6. The molecule has 0 aliphatic carbocycles. The number of amides is 1. The third kappa shape index (κ3) is 5.61. The molecular weight excluding hydrogens is 319 g/mol. The number of alkyl halides is 3. The molecule has 1 rings (SSSR count). The summed E-state index contributed by atoms with van der Waals surface area (Å²) in [6, 6.07) is 1.91. The molecule has 0 spiro atoms. The molecule has 23 heavy (non-hydrogen) atoms. The lowest BCUT2D eigenvalue weighted by Gasteiger charge is -2.14. The van der Waals surface area contributed by atoms with Gasteiger partial charge >= 0.3 is 18.1 Å². The summed E-state index contributed by atoms with van der Waals surface area (Å²) in [4.78, 5) is 34.2. The van der Waals surface area contributed by atoms with E-state index in [2.05, 4.69) is 4.74 Å². The van der Waals surface area contributed by atoms with Gasteiger partial charge in [-0.25, -0.2) is 4.79 Å². The molecule has 0 aliphatic rings. The normalized spacial score (nSPS) is 12.3. The number of halogens is 3. The fourth-order valence-corrected chi connectivity index (χ4v) is 1.66. The van der Waals surface area contributed by atoms with Gasteiger partial charge in [-0.1, -0.05) is 6.07 Å². The lowest BCUT2D eigenvalue weighted by molar-refractivity contribution is -0.149. The van der Waals surface area contributed by atoms with E-state index in [9.17, 15) is 27.6 Å². The fourth-order valence-electron chi connectivity index (χ4n) is 1.66. The second-order valence-electron chi connectivity index (χ2n) is 4.45. The van der Waals surface area contributed by atoms with Crippen LogP contribution >= 0.6 is 0 Å². The number of carbonyl (C=O) groups is 3. The molecule has 0 saturated carbocycles. The van der Waals surface area contributed by atoms with Crippen molar-refractivity contribution in [2.45, 2.75) is 25.6 Å². The van der Waals surface area contributed by atoms with Crippen molar-refractivity contribution >= 4 is 17.8 Å². The summed E-state index contributed by atoms with van der Waals surface area (Å²) in [5, 5.41) is 11.0. The Morgan fingerprint density at radius 2 is 1.96 bits per heavy atom. The molecule has 2 N–H and O–H groups in total. The van der Waals surface area contributed by atoms with E-state index in [0.717, 1.165) is 18.2 Å². The Labute approximate surface area is 129 Å². The zero-order valence-corrected chi connectivity index (χ0v) is 12.0. The highest BCUT2D eigenvalue weighted by molar-refractivity contribution is 5.97. The lowest BCUT2D eigenvalue weighted by Crippen LogP contribution is -2.42. The van der Waals surface area contributed by atoms with Crippen molar-refractivity contribution in [3.05, 3.63) is 35.4 Å². The monoisotopic (exact) mass is 333 g/mol. The fraction of sp³-hybridized carbons (Fsp3) is 0.357. The number of hydrogen-bond acceptors (Lipinski definition) is 4. The third-order valence-electron chi connectivity index (χ3n) is 2.73. The van der Waals surface area contributed by atoms with Gasteiger partial charge in [-0.3, -0.25) is 9.59 Å². The highest BCUT2D eigenvalue weighted by Crippen LogP contribution is 2.29. The van der Waals surface area contributed by atoms with Crippen LogP contribution in [-0.2, 0) is 20.5 Å². The van der Waals surface area contributed by atoms with Gasteiger partial charge in [0.2, 0.25) is 0 Å². The van der Waals surface area contributed by atoms with Crippen molar-refractivity contribution in [1.29, 1.82) is 0 Å². The van der Waals surface area contributed by atoms with Crippen LogP contribution in [0.3, 0.4) is 0 Å². The minimum atomic E-state index is -4.63. The zero-order chi connectivity index (χ0) is 17.6. The van der Waals surface area contributed by atoms with Gasteiger partial charge in [0.25, 0.3) is 5.91 Å². The molecule has 1 aromatic carbocycles. The second-order valence-corrected chi connectivity index (χ2v) is 4.45. The predicted octanol–water partition coefficient (Wildman–Crippen LogP) is 1.84. The average molecular weight is 333 g/mol. The number of carboxylic acids is 1. The summed E-state index contributed by atoms with van der Waals surface area (Å²) in [5.74, 6) is -3.38. The topological polar surface area (TPSA) is 92.7 Å². The quantitative estimate of drug-likeness (QED) is 0.775. The Balaban J connectivity index is 2.87. The first-order valence-electron chi connectivity index (χ1n) is 6.51. The van der Waals surface area contributed by atoms with Gasteiger partial charge in [-0.05, 0) is 25.1 Å². The van der Waals surface area contributed by atoms with E-state index in [1.165, 1.54) is 6.92 Å². The largest absolute Gasteiger partial charge is 0.480 e. The van der Waals surface area contributed by atoms with E-state index in [-0.39, 0.29) is 12.2 Å². The van der Waals surface area contributed by atoms with Gasteiger partial charge < -0.3 is 15.2 Å². The maximum absolute atomic E-state index is 12.6. The first-order valence-corrected chi connectivity index (χ1v) is 6.51. The number of ether oxygens (including phenoxy) is 1. The highest BCUT2D eigenvalue weighted by atomic mass is 19.4. The number of rotatable bonds is 6. The first kappa shape index (κ1) is 18.5. The molecule has 0 aliphatic heterocycles. The molecule has 1 amide bonds. The minimum Gasteiger partial charge on any atom is -0.480 e. The molecule has 126 valence electrons. The Kier molecular flexibility index (Phi) is 6.11. The highest BCUT2D eigenvalue weighted by Gasteiger charge is 2.31. The molecule has 0 fully saturated rings. The standard InChI is InChI=1S/C14H14F3NO5/c1-2-23-11(19)7-10(13(21)22)18-12(20)8-4-3-5-9(6-8)14(15,16)17/h3-6,10H,2,7H2,1H3,(H,18,20)(H,21,22)/t10-/m0/s1. The third-order valence-corrected chi connectivity index (χ3v) is 2.73. The summed E-state index contributed by atoms with van der Waals surface area (Å²) >= 11 is 0. The van der Waals surface area contributed by atoms with E-state index in [1.54, 1.807) is 0 Å². The zero-order valence-electron chi connectivity index (χ0n) is 12.0. The summed E-state index contributed by atoms with van der Waals surface area (Å²) in [6.45, 7) is 1.56. The average Bonchev–Trinajstić information content (AvgIpc) is 2.45. The van der Waals surface area contributed by atoms with Crippen molar-refractivity contribution in [1.82, 2.24) is 5.32 Å². The summed E-state index contributed by atoms with van der Waals surface area (Å²) in [7, 11) is 0. The van der Waals surface area contributed by atoms with Gasteiger partial charge in [0.15, 0.2) is 0 Å². The van der Waals surface area contributed by atoms with Gasteiger partial charge in [0.1, 0.15) is 6.04 Å². The lowest BCUT2D eigenvalue weighted by atomic mass is 10.1. The van der Waals surface area contributed by atoms with Crippen LogP contribution in [-0.4, -0.2) is 35.6 Å². The van der Waals surface area contributed by atoms with Crippen LogP contribution in [0.15, 0.2) is 24.3 Å². The molecule has 0 unspecified atom stereocenters. The number of carboxylic acid groups (broad SMARTS) is 1. The van der Waals surface area contributed by atoms with E-state index in [4.69, 9.17) is 5.11 Å². The van der Waals surface area contributed by atoms with Crippen LogP contribution in [0.4, 0.5) is 13.2 Å². The molecule has 0 heterocycles. The van der Waals surface area contributed by atoms with E-state index in [0.29, 0.717) is 6.07 Å². The number of hydrogen-bond donors (Lipinski definition) is 2. The van der Waals surface area contributed by atoms with E-state index in [1.807, 2.05) is 5.32 Å². The Morgan fingerprint density at radius 1 is 1.30 bits per heavy atom. The summed E-state index contributed by atoms with van der Waals surface area (Å²) < 4.78 is 42.3. The number of nitrogens with one attached hydrogen (secondary N) is 1. The van der Waals surface area contributed by atoms with Crippen LogP contribution in [0.1, 0.15) is 29.3 Å². The molecule has 0 radical (unpaired) electrons. The Morgan fingerprint density at radius 3 is 2.48 bits per heavy atom. The van der Waals surface area contributed by atoms with E-state index < -0.39 is 42.0 Å². The van der Waals surface area contributed by atoms with Gasteiger partial charge in [-0.2, -0.15) is 13.2 Å².